The third-order valence-electron chi connectivity index (χ3n) is 2.46. The number of hydrogen-bond acceptors (Lipinski definition) is 6. The summed E-state index contributed by atoms with van der Waals surface area (Å²) in [6, 6.07) is 6.23. The van der Waals surface area contributed by atoms with Crippen molar-refractivity contribution in [3.63, 3.8) is 0 Å². The summed E-state index contributed by atoms with van der Waals surface area (Å²) in [6.07, 6.45) is 0.675. The summed E-state index contributed by atoms with van der Waals surface area (Å²) >= 11 is 0. The predicted molar refractivity (Wildman–Crippen MR) is 75.7 cm³/mol. The monoisotopic (exact) mass is 279 g/mol. The minimum Gasteiger partial charge on any atom is -0.466 e. The SMILES string of the molecule is CCOC(=O)CC/C(C)=N\Nc1ccccc1[N+](=O)[O-]. The van der Waals surface area contributed by atoms with E-state index >= 15 is 0 Å². The highest BCUT2D eigenvalue weighted by atomic mass is 16.6. The van der Waals surface area contributed by atoms with Gasteiger partial charge in [-0.25, -0.2) is 0 Å². The van der Waals surface area contributed by atoms with Gasteiger partial charge in [-0.2, -0.15) is 5.10 Å². The summed E-state index contributed by atoms with van der Waals surface area (Å²) in [6.45, 7) is 3.83. The first kappa shape index (κ1) is 15.6. The van der Waals surface area contributed by atoms with Crippen LogP contribution >= 0.6 is 0 Å². The van der Waals surface area contributed by atoms with Crippen LogP contribution in [-0.4, -0.2) is 23.2 Å². The number of anilines is 1. The number of ether oxygens (including phenoxy) is 1. The average Bonchev–Trinajstić information content (AvgIpc) is 2.43. The summed E-state index contributed by atoms with van der Waals surface area (Å²) in [7, 11) is 0. The quantitative estimate of drug-likeness (QED) is 0.358. The minimum atomic E-state index is -0.480. The van der Waals surface area contributed by atoms with Gasteiger partial charge in [0.1, 0.15) is 5.69 Å². The van der Waals surface area contributed by atoms with E-state index in [4.69, 9.17) is 4.74 Å². The van der Waals surface area contributed by atoms with Gasteiger partial charge >= 0.3 is 5.97 Å². The Hall–Kier alpha value is -2.44. The molecule has 0 aromatic heterocycles. The van der Waals surface area contributed by atoms with Crippen LogP contribution in [0.5, 0.6) is 0 Å². The van der Waals surface area contributed by atoms with E-state index in [0.29, 0.717) is 24.4 Å². The standard InChI is InChI=1S/C13H17N3O4/c1-3-20-13(17)9-8-10(2)14-15-11-6-4-5-7-12(11)16(18)19/h4-7,15H,3,8-9H2,1-2H3/b14-10-. The van der Waals surface area contributed by atoms with E-state index in [0.717, 1.165) is 0 Å². The van der Waals surface area contributed by atoms with Crippen LogP contribution in [0.25, 0.3) is 0 Å². The molecule has 0 spiro atoms. The lowest BCUT2D eigenvalue weighted by molar-refractivity contribution is -0.384. The molecule has 0 radical (unpaired) electrons. The molecule has 0 saturated heterocycles. The van der Waals surface area contributed by atoms with E-state index in [1.54, 1.807) is 32.0 Å². The maximum Gasteiger partial charge on any atom is 0.306 e. The van der Waals surface area contributed by atoms with Gasteiger partial charge in [-0.15, -0.1) is 0 Å². The summed E-state index contributed by atoms with van der Waals surface area (Å²) in [5.74, 6) is -0.284. The van der Waals surface area contributed by atoms with Crippen molar-refractivity contribution >= 4 is 23.1 Å². The van der Waals surface area contributed by atoms with Crippen molar-refractivity contribution in [1.29, 1.82) is 0 Å². The second kappa shape index (κ2) is 7.88. The number of carbonyl (C=O) groups excluding carboxylic acids is 1. The first-order valence-electron chi connectivity index (χ1n) is 6.22. The highest BCUT2D eigenvalue weighted by Crippen LogP contribution is 2.23. The van der Waals surface area contributed by atoms with Gasteiger partial charge in [0.15, 0.2) is 0 Å². The molecule has 7 nitrogen and oxygen atoms in total. The van der Waals surface area contributed by atoms with Crippen LogP contribution in [0.3, 0.4) is 0 Å². The molecular formula is C13H17N3O4. The first-order chi connectivity index (χ1) is 9.54. The maximum atomic E-state index is 11.2. The Morgan fingerprint density at radius 2 is 2.10 bits per heavy atom. The summed E-state index contributed by atoms with van der Waals surface area (Å²) in [5, 5.41) is 14.8. The molecule has 0 aliphatic rings. The molecule has 108 valence electrons. The Bertz CT molecular complexity index is 514. The molecule has 1 N–H and O–H groups in total. The van der Waals surface area contributed by atoms with Crippen molar-refractivity contribution in [1.82, 2.24) is 0 Å². The number of nitro benzene ring substituents is 1. The number of nitrogens with one attached hydrogen (secondary N) is 1. The first-order valence-corrected chi connectivity index (χ1v) is 6.22. The molecule has 0 amide bonds. The number of carbonyl (C=O) groups is 1. The zero-order valence-corrected chi connectivity index (χ0v) is 11.5. The van der Waals surface area contributed by atoms with Gasteiger partial charge in [0.05, 0.1) is 18.0 Å². The predicted octanol–water partition coefficient (Wildman–Crippen LogP) is 2.73. The lowest BCUT2D eigenvalue weighted by atomic mass is 10.2. The number of nitrogens with zero attached hydrogens (tertiary/aromatic N) is 2. The summed E-state index contributed by atoms with van der Waals surface area (Å²) < 4.78 is 4.80. The molecule has 0 saturated carbocycles. The molecule has 0 aliphatic carbocycles. The zero-order chi connectivity index (χ0) is 15.0. The van der Waals surface area contributed by atoms with E-state index in [9.17, 15) is 14.9 Å². The van der Waals surface area contributed by atoms with Crippen molar-refractivity contribution in [2.24, 2.45) is 5.10 Å². The van der Waals surface area contributed by atoms with E-state index in [-0.39, 0.29) is 18.1 Å². The molecule has 7 heteroatoms. The smallest absolute Gasteiger partial charge is 0.306 e. The Morgan fingerprint density at radius 1 is 1.40 bits per heavy atom. The Balaban J connectivity index is 2.59. The molecule has 1 aromatic rings. The highest BCUT2D eigenvalue weighted by Gasteiger charge is 2.11. The molecule has 0 heterocycles. The fourth-order valence-electron chi connectivity index (χ4n) is 1.46. The Morgan fingerprint density at radius 3 is 2.75 bits per heavy atom. The number of para-hydroxylation sites is 2. The van der Waals surface area contributed by atoms with Gasteiger partial charge in [0, 0.05) is 11.8 Å². The average molecular weight is 279 g/mol. The normalized spacial score (nSPS) is 11.0. The fourth-order valence-corrected chi connectivity index (χ4v) is 1.46. The Labute approximate surface area is 116 Å². The van der Waals surface area contributed by atoms with Crippen LogP contribution in [0.2, 0.25) is 0 Å². The number of hydrazone groups is 1. The molecule has 0 fully saturated rings. The van der Waals surface area contributed by atoms with Gasteiger partial charge in [-0.3, -0.25) is 20.3 Å². The van der Waals surface area contributed by atoms with E-state index in [2.05, 4.69) is 10.5 Å². The summed E-state index contributed by atoms with van der Waals surface area (Å²) in [5.41, 5.74) is 3.57. The Kier molecular flexibility index (Phi) is 6.15. The lowest BCUT2D eigenvalue weighted by Crippen LogP contribution is -2.07. The van der Waals surface area contributed by atoms with E-state index in [1.807, 2.05) is 0 Å². The van der Waals surface area contributed by atoms with E-state index < -0.39 is 4.92 Å². The largest absolute Gasteiger partial charge is 0.466 e. The molecule has 0 atom stereocenters. The van der Waals surface area contributed by atoms with Crippen LogP contribution in [0, 0.1) is 10.1 Å². The van der Waals surface area contributed by atoms with Crippen LogP contribution in [0.15, 0.2) is 29.4 Å². The van der Waals surface area contributed by atoms with Gasteiger partial charge in [0.25, 0.3) is 5.69 Å². The molecule has 0 bridgehead atoms. The second-order valence-electron chi connectivity index (χ2n) is 4.04. The highest BCUT2D eigenvalue weighted by molar-refractivity contribution is 5.86. The second-order valence-corrected chi connectivity index (χ2v) is 4.04. The maximum absolute atomic E-state index is 11.2. The van der Waals surface area contributed by atoms with Crippen molar-refractivity contribution < 1.29 is 14.5 Å². The van der Waals surface area contributed by atoms with Gasteiger partial charge in [0.2, 0.25) is 0 Å². The number of benzene rings is 1. The van der Waals surface area contributed by atoms with Crippen molar-refractivity contribution in [2.75, 3.05) is 12.0 Å². The molecule has 0 aliphatic heterocycles. The van der Waals surface area contributed by atoms with Crippen LogP contribution < -0.4 is 5.43 Å². The molecule has 1 rings (SSSR count). The third kappa shape index (κ3) is 5.05. The van der Waals surface area contributed by atoms with Crippen LogP contribution in [0.4, 0.5) is 11.4 Å². The van der Waals surface area contributed by atoms with Crippen LogP contribution in [0.1, 0.15) is 26.7 Å². The zero-order valence-electron chi connectivity index (χ0n) is 11.5. The van der Waals surface area contributed by atoms with Crippen LogP contribution in [-0.2, 0) is 9.53 Å². The molecule has 1 aromatic carbocycles. The number of nitro groups is 1. The number of rotatable bonds is 7. The third-order valence-corrected chi connectivity index (χ3v) is 2.46. The topological polar surface area (TPSA) is 93.8 Å². The lowest BCUT2D eigenvalue weighted by Gasteiger charge is -2.04. The van der Waals surface area contributed by atoms with Crippen molar-refractivity contribution in [3.05, 3.63) is 34.4 Å². The summed E-state index contributed by atoms with van der Waals surface area (Å²) in [4.78, 5) is 21.5. The molecule has 0 unspecified atom stereocenters. The number of esters is 1. The van der Waals surface area contributed by atoms with Crippen molar-refractivity contribution in [3.8, 4) is 0 Å². The fraction of sp³-hybridized carbons (Fsp3) is 0.385. The molecular weight excluding hydrogens is 262 g/mol. The minimum absolute atomic E-state index is 0.0468. The molecule has 20 heavy (non-hydrogen) atoms. The van der Waals surface area contributed by atoms with E-state index in [1.165, 1.54) is 6.07 Å². The van der Waals surface area contributed by atoms with Gasteiger partial charge in [-0.1, -0.05) is 12.1 Å². The van der Waals surface area contributed by atoms with Gasteiger partial charge in [-0.05, 0) is 26.3 Å². The van der Waals surface area contributed by atoms with Crippen molar-refractivity contribution in [2.45, 2.75) is 26.7 Å². The van der Waals surface area contributed by atoms with Gasteiger partial charge < -0.3 is 4.74 Å². The number of hydrogen-bond donors (Lipinski definition) is 1.